The van der Waals surface area contributed by atoms with Gasteiger partial charge in [0, 0.05) is 0 Å². The number of rotatable bonds is 10. The van der Waals surface area contributed by atoms with Crippen molar-refractivity contribution in [3.63, 3.8) is 0 Å². The van der Waals surface area contributed by atoms with Crippen LogP contribution in [0.3, 0.4) is 0 Å². The second-order valence-corrected chi connectivity index (χ2v) is 10.4. The molecule has 1 aliphatic carbocycles. The number of carbonyl (C=O) groups excluding carboxylic acids is 1. The highest BCUT2D eigenvalue weighted by molar-refractivity contribution is 5.71. The Morgan fingerprint density at radius 2 is 1.82 bits per heavy atom. The Kier molecular flexibility index (Phi) is 8.67. The molecule has 1 fully saturated rings. The first-order valence-corrected chi connectivity index (χ1v) is 12.8. The molecule has 0 amide bonds. The van der Waals surface area contributed by atoms with Crippen molar-refractivity contribution in [1.29, 1.82) is 0 Å². The molecule has 0 bridgehead atoms. The molecular weight excluding hydrogens is 490 g/mol. The minimum atomic E-state index is -2.88. The van der Waals surface area contributed by atoms with Crippen molar-refractivity contribution in [2.45, 2.75) is 64.8 Å². The van der Waals surface area contributed by atoms with Crippen molar-refractivity contribution in [2.75, 3.05) is 7.11 Å². The Hall–Kier alpha value is -3.45. The molecule has 202 valence electrons. The second kappa shape index (κ2) is 11.9. The molecule has 0 aliphatic heterocycles. The molecule has 1 saturated carbocycles. The summed E-state index contributed by atoms with van der Waals surface area (Å²) in [5, 5.41) is 10.3. The van der Waals surface area contributed by atoms with Crippen LogP contribution in [-0.4, -0.2) is 24.8 Å². The van der Waals surface area contributed by atoms with Crippen LogP contribution < -0.4 is 9.47 Å². The van der Waals surface area contributed by atoms with Crippen molar-refractivity contribution >= 4 is 5.97 Å². The molecule has 4 rings (SSSR count). The Balaban J connectivity index is 1.60. The van der Waals surface area contributed by atoms with Crippen molar-refractivity contribution in [3.8, 4) is 22.6 Å². The van der Waals surface area contributed by atoms with Gasteiger partial charge in [0.05, 0.1) is 19.6 Å². The van der Waals surface area contributed by atoms with E-state index in [1.807, 2.05) is 18.2 Å². The molecule has 1 N–H and O–H groups in total. The zero-order valence-electron chi connectivity index (χ0n) is 22.0. The number of carbonyl (C=O) groups is 1. The molecular formula is C31H34F2O5. The van der Waals surface area contributed by atoms with Gasteiger partial charge < -0.3 is 19.3 Å². The third-order valence-electron chi connectivity index (χ3n) is 7.35. The summed E-state index contributed by atoms with van der Waals surface area (Å²) in [6.45, 7) is 1.99. The Morgan fingerprint density at radius 1 is 1.05 bits per heavy atom. The first-order valence-electron chi connectivity index (χ1n) is 12.8. The predicted molar refractivity (Wildman–Crippen MR) is 141 cm³/mol. The summed E-state index contributed by atoms with van der Waals surface area (Å²) in [6.07, 6.45) is 2.19. The molecule has 0 saturated heterocycles. The van der Waals surface area contributed by atoms with E-state index in [1.54, 1.807) is 36.4 Å². The molecule has 0 radical (unpaired) electrons. The molecule has 2 atom stereocenters. The lowest BCUT2D eigenvalue weighted by Crippen LogP contribution is -2.16. The van der Waals surface area contributed by atoms with Crippen LogP contribution in [0, 0.1) is 5.41 Å². The van der Waals surface area contributed by atoms with Crippen LogP contribution in [0.25, 0.3) is 11.1 Å². The number of hydrogen-bond donors (Lipinski definition) is 1. The lowest BCUT2D eigenvalue weighted by Gasteiger charge is -2.30. The van der Waals surface area contributed by atoms with Gasteiger partial charge in [-0.2, -0.15) is 8.78 Å². The minimum Gasteiger partial charge on any atom is -0.489 e. The first kappa shape index (κ1) is 27.6. The largest absolute Gasteiger partial charge is 0.489 e. The molecule has 0 unspecified atom stereocenters. The van der Waals surface area contributed by atoms with Gasteiger partial charge in [0.25, 0.3) is 0 Å². The van der Waals surface area contributed by atoms with E-state index in [1.165, 1.54) is 18.7 Å². The summed E-state index contributed by atoms with van der Waals surface area (Å²) in [5.41, 5.74) is 4.66. The van der Waals surface area contributed by atoms with Gasteiger partial charge in [-0.15, -0.1) is 0 Å². The van der Waals surface area contributed by atoms with Gasteiger partial charge in [0.2, 0.25) is 0 Å². The monoisotopic (exact) mass is 524 g/mol. The van der Waals surface area contributed by atoms with E-state index in [0.29, 0.717) is 23.8 Å². The summed E-state index contributed by atoms with van der Waals surface area (Å²) in [5.74, 6) is 0.539. The van der Waals surface area contributed by atoms with Crippen molar-refractivity contribution in [3.05, 3.63) is 83.4 Å². The third-order valence-corrected chi connectivity index (χ3v) is 7.35. The number of hydrogen-bond acceptors (Lipinski definition) is 5. The van der Waals surface area contributed by atoms with Gasteiger partial charge in [0.1, 0.15) is 18.1 Å². The Labute approximate surface area is 222 Å². The average molecular weight is 525 g/mol. The van der Waals surface area contributed by atoms with Crippen LogP contribution in [0.4, 0.5) is 8.78 Å². The fourth-order valence-electron chi connectivity index (χ4n) is 5.33. The molecule has 7 heteroatoms. The molecule has 3 aromatic rings. The standard InChI is InChI=1S/C31H34F2O5/c1-31(2)14-6-11-27(31)26-15-20(12-13-25(26)21-7-4-10-24(16-21)38-30(32)33)19-37-23-9-5-8-22(17-23)28(34)18-29(35)36-3/h4-5,7-10,12-13,15-17,27-28,30,34H,6,11,14,18-19H2,1-3H3/t27-,28-/m1/s1. The number of esters is 1. The fourth-order valence-corrected chi connectivity index (χ4v) is 5.33. The normalized spacial score (nSPS) is 17.3. The molecule has 0 aromatic heterocycles. The summed E-state index contributed by atoms with van der Waals surface area (Å²) in [6, 6.07) is 20.0. The maximum absolute atomic E-state index is 12.8. The molecule has 5 nitrogen and oxygen atoms in total. The number of aliphatic hydroxyl groups excluding tert-OH is 1. The molecule has 3 aromatic carbocycles. The van der Waals surface area contributed by atoms with Crippen LogP contribution in [0.15, 0.2) is 66.7 Å². The van der Waals surface area contributed by atoms with Gasteiger partial charge in [0.15, 0.2) is 0 Å². The van der Waals surface area contributed by atoms with Crippen LogP contribution in [0.2, 0.25) is 0 Å². The topological polar surface area (TPSA) is 65.0 Å². The summed E-state index contributed by atoms with van der Waals surface area (Å²) >= 11 is 0. The zero-order valence-corrected chi connectivity index (χ0v) is 22.0. The quantitative estimate of drug-likeness (QED) is 0.280. The maximum atomic E-state index is 12.8. The molecule has 0 heterocycles. The van der Waals surface area contributed by atoms with E-state index < -0.39 is 18.7 Å². The molecule has 1 aliphatic rings. The van der Waals surface area contributed by atoms with Gasteiger partial charge in [-0.25, -0.2) is 0 Å². The van der Waals surface area contributed by atoms with Crippen molar-refractivity contribution in [1.82, 2.24) is 0 Å². The van der Waals surface area contributed by atoms with Crippen LogP contribution in [0.1, 0.15) is 68.2 Å². The van der Waals surface area contributed by atoms with Gasteiger partial charge in [-0.3, -0.25) is 4.79 Å². The first-order chi connectivity index (χ1) is 18.2. The Morgan fingerprint density at radius 3 is 2.53 bits per heavy atom. The number of ether oxygens (including phenoxy) is 3. The van der Waals surface area contributed by atoms with Crippen molar-refractivity contribution < 1.29 is 32.9 Å². The highest BCUT2D eigenvalue weighted by Crippen LogP contribution is 2.51. The van der Waals surface area contributed by atoms with Crippen LogP contribution in [0.5, 0.6) is 11.5 Å². The van der Waals surface area contributed by atoms with Gasteiger partial charge >= 0.3 is 12.6 Å². The Bertz CT molecular complexity index is 1260. The lowest BCUT2D eigenvalue weighted by molar-refractivity contribution is -0.142. The fraction of sp³-hybridized carbons (Fsp3) is 0.387. The van der Waals surface area contributed by atoms with E-state index in [9.17, 15) is 18.7 Å². The van der Waals surface area contributed by atoms with Crippen LogP contribution >= 0.6 is 0 Å². The number of benzene rings is 3. The van der Waals surface area contributed by atoms with Crippen molar-refractivity contribution in [2.24, 2.45) is 5.41 Å². The molecule has 0 spiro atoms. The van der Waals surface area contributed by atoms with E-state index in [2.05, 4.69) is 29.4 Å². The summed E-state index contributed by atoms with van der Waals surface area (Å²) in [4.78, 5) is 11.5. The number of methoxy groups -OCH3 is 1. The molecule has 38 heavy (non-hydrogen) atoms. The summed E-state index contributed by atoms with van der Waals surface area (Å²) < 4.78 is 41.0. The SMILES string of the molecule is COC(=O)C[C@@H](O)c1cccc(OCc2ccc(-c3cccc(OC(F)F)c3)c([C@H]3CCCC3(C)C)c2)c1. The predicted octanol–water partition coefficient (Wildman–Crippen LogP) is 7.42. The van der Waals surface area contributed by atoms with E-state index in [0.717, 1.165) is 36.0 Å². The highest BCUT2D eigenvalue weighted by atomic mass is 19.3. The van der Waals surface area contributed by atoms with Gasteiger partial charge in [-0.1, -0.05) is 62.7 Å². The number of aliphatic hydroxyl groups is 1. The maximum Gasteiger partial charge on any atom is 0.387 e. The smallest absolute Gasteiger partial charge is 0.387 e. The van der Waals surface area contributed by atoms with E-state index in [4.69, 9.17) is 4.74 Å². The second-order valence-electron chi connectivity index (χ2n) is 10.4. The minimum absolute atomic E-state index is 0.107. The highest BCUT2D eigenvalue weighted by Gasteiger charge is 2.36. The van der Waals surface area contributed by atoms with E-state index in [-0.39, 0.29) is 17.6 Å². The van der Waals surface area contributed by atoms with Gasteiger partial charge in [-0.05, 0) is 76.3 Å². The van der Waals surface area contributed by atoms with E-state index >= 15 is 0 Å². The third kappa shape index (κ3) is 6.70. The number of alkyl halides is 2. The van der Waals surface area contributed by atoms with Crippen LogP contribution in [-0.2, 0) is 16.1 Å². The summed E-state index contributed by atoms with van der Waals surface area (Å²) in [7, 11) is 1.29. The lowest BCUT2D eigenvalue weighted by atomic mass is 9.75. The zero-order chi connectivity index (χ0) is 27.3. The average Bonchev–Trinajstić information content (AvgIpc) is 3.25. The number of halogens is 2.